The number of aromatic nitrogens is 1. The second-order valence-electron chi connectivity index (χ2n) is 5.50. The normalized spacial score (nSPS) is 11.4. The zero-order valence-corrected chi connectivity index (χ0v) is 12.9. The summed E-state index contributed by atoms with van der Waals surface area (Å²) in [5, 5.41) is 4.89. The molecule has 0 saturated carbocycles. The maximum atomic E-state index is 3.41. The molecule has 2 heteroatoms. The summed E-state index contributed by atoms with van der Waals surface area (Å²) in [6.45, 7) is 11.0. The van der Waals surface area contributed by atoms with Crippen LogP contribution < -0.4 is 5.32 Å². The Labute approximate surface area is 116 Å². The van der Waals surface area contributed by atoms with Crippen molar-refractivity contribution in [3.8, 4) is 0 Å². The van der Waals surface area contributed by atoms with Crippen LogP contribution in [-0.2, 0) is 13.5 Å². The van der Waals surface area contributed by atoms with E-state index in [0.29, 0.717) is 0 Å². The molecule has 104 valence electrons. The van der Waals surface area contributed by atoms with E-state index < -0.39 is 0 Å². The first-order chi connectivity index (χ1) is 9.07. The van der Waals surface area contributed by atoms with E-state index in [-0.39, 0.29) is 0 Å². The highest BCUT2D eigenvalue weighted by Crippen LogP contribution is 2.31. The lowest BCUT2D eigenvalue weighted by Gasteiger charge is -2.05. The maximum absolute atomic E-state index is 3.41. The molecule has 0 aliphatic rings. The minimum atomic E-state index is 1.06. The lowest BCUT2D eigenvalue weighted by molar-refractivity contribution is 0.671. The summed E-state index contributed by atoms with van der Waals surface area (Å²) < 4.78 is 2.36. The molecule has 1 N–H and O–H groups in total. The van der Waals surface area contributed by atoms with Gasteiger partial charge in [0.2, 0.25) is 0 Å². The average Bonchev–Trinajstić information content (AvgIpc) is 2.65. The highest BCUT2D eigenvalue weighted by molar-refractivity contribution is 5.91. The summed E-state index contributed by atoms with van der Waals surface area (Å²) >= 11 is 0. The maximum Gasteiger partial charge on any atom is 0.0515 e. The molecule has 0 saturated heterocycles. The Bertz CT molecular complexity index is 579. The summed E-state index contributed by atoms with van der Waals surface area (Å²) in [5.41, 5.74) is 7.16. The number of aryl methyl sites for hydroxylation is 4. The molecule has 0 unspecified atom stereocenters. The molecule has 2 nitrogen and oxygen atoms in total. The molecule has 0 fully saturated rings. The van der Waals surface area contributed by atoms with Gasteiger partial charge in [-0.3, -0.25) is 0 Å². The second-order valence-corrected chi connectivity index (χ2v) is 5.50. The average molecular weight is 258 g/mol. The van der Waals surface area contributed by atoms with Crippen molar-refractivity contribution in [3.63, 3.8) is 0 Å². The monoisotopic (exact) mass is 258 g/mol. The molecular formula is C17H26N2. The van der Waals surface area contributed by atoms with Crippen LogP contribution in [0.25, 0.3) is 10.9 Å². The molecule has 0 radical (unpaired) electrons. The van der Waals surface area contributed by atoms with E-state index in [9.17, 15) is 0 Å². The van der Waals surface area contributed by atoms with E-state index in [1.54, 1.807) is 0 Å². The number of rotatable bonds is 5. The third-order valence-electron chi connectivity index (χ3n) is 4.20. The SMILES string of the molecule is CCNCCCc1c(C)n(C)c2c(C)ccc(C)c12. The summed E-state index contributed by atoms with van der Waals surface area (Å²) in [6.07, 6.45) is 2.38. The Kier molecular flexibility index (Phi) is 4.31. The van der Waals surface area contributed by atoms with E-state index >= 15 is 0 Å². The van der Waals surface area contributed by atoms with Crippen LogP contribution in [0.3, 0.4) is 0 Å². The van der Waals surface area contributed by atoms with Crippen LogP contribution in [0, 0.1) is 20.8 Å². The smallest absolute Gasteiger partial charge is 0.0515 e. The zero-order valence-electron chi connectivity index (χ0n) is 12.9. The first-order valence-electron chi connectivity index (χ1n) is 7.32. The van der Waals surface area contributed by atoms with Crippen molar-refractivity contribution in [2.75, 3.05) is 13.1 Å². The van der Waals surface area contributed by atoms with Gasteiger partial charge in [-0.1, -0.05) is 19.1 Å². The van der Waals surface area contributed by atoms with Crippen LogP contribution in [0.5, 0.6) is 0 Å². The highest BCUT2D eigenvalue weighted by Gasteiger charge is 2.14. The lowest BCUT2D eigenvalue weighted by Crippen LogP contribution is -2.14. The molecule has 1 heterocycles. The number of nitrogens with zero attached hydrogens (tertiary/aromatic N) is 1. The van der Waals surface area contributed by atoms with Gasteiger partial charge in [0.25, 0.3) is 0 Å². The predicted molar refractivity (Wildman–Crippen MR) is 84.0 cm³/mol. The van der Waals surface area contributed by atoms with E-state index in [1.807, 2.05) is 0 Å². The fourth-order valence-corrected chi connectivity index (χ4v) is 3.03. The summed E-state index contributed by atoms with van der Waals surface area (Å²) in [7, 11) is 2.19. The largest absolute Gasteiger partial charge is 0.347 e. The van der Waals surface area contributed by atoms with Crippen LogP contribution in [0.15, 0.2) is 12.1 Å². The summed E-state index contributed by atoms with van der Waals surface area (Å²) in [6, 6.07) is 4.49. The van der Waals surface area contributed by atoms with Gasteiger partial charge < -0.3 is 9.88 Å². The van der Waals surface area contributed by atoms with Gasteiger partial charge in [-0.05, 0) is 63.4 Å². The minimum absolute atomic E-state index is 1.06. The van der Waals surface area contributed by atoms with Gasteiger partial charge in [0.05, 0.1) is 5.52 Å². The van der Waals surface area contributed by atoms with Crippen LogP contribution in [-0.4, -0.2) is 17.7 Å². The number of benzene rings is 1. The molecule has 2 rings (SSSR count). The quantitative estimate of drug-likeness (QED) is 0.810. The molecule has 0 bridgehead atoms. The second kappa shape index (κ2) is 5.79. The number of fused-ring (bicyclic) bond motifs is 1. The summed E-state index contributed by atoms with van der Waals surface area (Å²) in [5.74, 6) is 0. The van der Waals surface area contributed by atoms with Gasteiger partial charge in [0, 0.05) is 18.1 Å². The minimum Gasteiger partial charge on any atom is -0.347 e. The van der Waals surface area contributed by atoms with Crippen LogP contribution in [0.1, 0.15) is 35.7 Å². The Balaban J connectivity index is 2.43. The van der Waals surface area contributed by atoms with Crippen molar-refractivity contribution >= 4 is 10.9 Å². The van der Waals surface area contributed by atoms with Crippen molar-refractivity contribution in [2.45, 2.75) is 40.5 Å². The third-order valence-corrected chi connectivity index (χ3v) is 4.20. The fraction of sp³-hybridized carbons (Fsp3) is 0.529. The van der Waals surface area contributed by atoms with Gasteiger partial charge in [-0.2, -0.15) is 0 Å². The Hall–Kier alpha value is -1.28. The first kappa shape index (κ1) is 14.1. The molecule has 0 aliphatic carbocycles. The molecule has 0 aliphatic heterocycles. The molecule has 2 aromatic rings. The fourth-order valence-electron chi connectivity index (χ4n) is 3.03. The van der Waals surface area contributed by atoms with Crippen LogP contribution in [0.4, 0.5) is 0 Å². The van der Waals surface area contributed by atoms with E-state index in [0.717, 1.165) is 13.1 Å². The summed E-state index contributed by atoms with van der Waals surface area (Å²) in [4.78, 5) is 0. The van der Waals surface area contributed by atoms with Crippen molar-refractivity contribution in [1.82, 2.24) is 9.88 Å². The predicted octanol–water partition coefficient (Wildman–Crippen LogP) is 3.65. The lowest BCUT2D eigenvalue weighted by atomic mass is 10.00. The van der Waals surface area contributed by atoms with Gasteiger partial charge in [-0.25, -0.2) is 0 Å². The Morgan fingerprint density at radius 3 is 2.47 bits per heavy atom. The number of hydrogen-bond donors (Lipinski definition) is 1. The van der Waals surface area contributed by atoms with E-state index in [1.165, 1.54) is 46.1 Å². The molecule has 0 amide bonds. The van der Waals surface area contributed by atoms with Crippen LogP contribution in [0.2, 0.25) is 0 Å². The molecular weight excluding hydrogens is 232 g/mol. The number of hydrogen-bond acceptors (Lipinski definition) is 1. The van der Waals surface area contributed by atoms with Crippen molar-refractivity contribution in [3.05, 3.63) is 34.5 Å². The molecule has 0 atom stereocenters. The Morgan fingerprint density at radius 2 is 1.79 bits per heavy atom. The molecule has 0 spiro atoms. The van der Waals surface area contributed by atoms with Gasteiger partial charge in [-0.15, -0.1) is 0 Å². The van der Waals surface area contributed by atoms with Crippen LogP contribution >= 0.6 is 0 Å². The topological polar surface area (TPSA) is 17.0 Å². The third kappa shape index (κ3) is 2.55. The van der Waals surface area contributed by atoms with Crippen molar-refractivity contribution in [2.24, 2.45) is 7.05 Å². The van der Waals surface area contributed by atoms with E-state index in [2.05, 4.69) is 56.8 Å². The molecule has 19 heavy (non-hydrogen) atoms. The zero-order chi connectivity index (χ0) is 14.0. The van der Waals surface area contributed by atoms with Gasteiger partial charge >= 0.3 is 0 Å². The standard InChI is InChI=1S/C17H26N2/c1-6-18-11-7-8-15-14(4)19(5)17-13(3)10-9-12(2)16(15)17/h9-10,18H,6-8,11H2,1-5H3. The Morgan fingerprint density at radius 1 is 1.11 bits per heavy atom. The molecule has 1 aromatic heterocycles. The molecule has 1 aromatic carbocycles. The van der Waals surface area contributed by atoms with E-state index in [4.69, 9.17) is 0 Å². The highest BCUT2D eigenvalue weighted by atomic mass is 14.9. The van der Waals surface area contributed by atoms with Gasteiger partial charge in [0.1, 0.15) is 0 Å². The number of nitrogens with one attached hydrogen (secondary N) is 1. The van der Waals surface area contributed by atoms with Crippen molar-refractivity contribution < 1.29 is 0 Å². The first-order valence-corrected chi connectivity index (χ1v) is 7.32. The van der Waals surface area contributed by atoms with Gasteiger partial charge in [0.15, 0.2) is 0 Å². The van der Waals surface area contributed by atoms with Crippen molar-refractivity contribution in [1.29, 1.82) is 0 Å².